The van der Waals surface area contributed by atoms with Gasteiger partial charge in [-0.3, -0.25) is 4.79 Å². The zero-order chi connectivity index (χ0) is 22.6. The summed E-state index contributed by atoms with van der Waals surface area (Å²) in [4.78, 5) is 12.0. The molecule has 1 unspecified atom stereocenters. The Bertz CT molecular complexity index is 1040. The largest absolute Gasteiger partial charge is 0.490 e. The van der Waals surface area contributed by atoms with Crippen LogP contribution < -0.4 is 14.2 Å². The highest BCUT2D eigenvalue weighted by Crippen LogP contribution is 2.32. The molecule has 0 aromatic heterocycles. The van der Waals surface area contributed by atoms with Gasteiger partial charge in [0.15, 0.2) is 11.5 Å². The summed E-state index contributed by atoms with van der Waals surface area (Å²) >= 11 is 0. The van der Waals surface area contributed by atoms with Crippen LogP contribution >= 0.6 is 0 Å². The molecule has 0 fully saturated rings. The van der Waals surface area contributed by atoms with Gasteiger partial charge in [-0.25, -0.2) is 8.42 Å². The van der Waals surface area contributed by atoms with Gasteiger partial charge in [-0.1, -0.05) is 12.1 Å². The lowest BCUT2D eigenvalue weighted by Gasteiger charge is -2.15. The number of rotatable bonds is 6. The van der Waals surface area contributed by atoms with Crippen molar-refractivity contribution in [2.24, 2.45) is 0 Å². The standard InChI is InChI=1S/C20H20F3NO6S/c1-13(19(25)30-12-14-3-5-15(6-4-14)20(21,22)23)24-31(26,27)16-7-8-17-18(11-16)29-10-2-9-28-17/h3-8,11,13,24H,2,9-10,12H2,1H3. The minimum atomic E-state index is -4.46. The highest BCUT2D eigenvalue weighted by atomic mass is 32.2. The molecule has 31 heavy (non-hydrogen) atoms. The van der Waals surface area contributed by atoms with Crippen LogP contribution in [0.3, 0.4) is 0 Å². The van der Waals surface area contributed by atoms with Crippen LogP contribution in [0.25, 0.3) is 0 Å². The highest BCUT2D eigenvalue weighted by Gasteiger charge is 2.30. The van der Waals surface area contributed by atoms with Gasteiger partial charge in [0.1, 0.15) is 12.6 Å². The molecule has 3 rings (SSSR count). The molecule has 0 amide bonds. The Hall–Kier alpha value is -2.79. The molecule has 0 radical (unpaired) electrons. The highest BCUT2D eigenvalue weighted by molar-refractivity contribution is 7.89. The quantitative estimate of drug-likeness (QED) is 0.667. The number of carbonyl (C=O) groups excluding carboxylic acids is 1. The Labute approximate surface area is 177 Å². The lowest BCUT2D eigenvalue weighted by molar-refractivity contribution is -0.146. The predicted molar refractivity (Wildman–Crippen MR) is 103 cm³/mol. The molecule has 0 saturated heterocycles. The molecule has 1 atom stereocenters. The molecule has 1 aliphatic heterocycles. The zero-order valence-corrected chi connectivity index (χ0v) is 17.3. The first kappa shape index (κ1) is 22.9. The second-order valence-corrected chi connectivity index (χ2v) is 8.52. The summed E-state index contributed by atoms with van der Waals surface area (Å²) in [6, 6.07) is 7.00. The number of carbonyl (C=O) groups is 1. The molecule has 0 spiro atoms. The lowest BCUT2D eigenvalue weighted by atomic mass is 10.1. The van der Waals surface area contributed by atoms with E-state index in [0.717, 1.165) is 12.1 Å². The number of fused-ring (bicyclic) bond motifs is 1. The van der Waals surface area contributed by atoms with E-state index in [4.69, 9.17) is 14.2 Å². The lowest BCUT2D eigenvalue weighted by Crippen LogP contribution is -2.39. The SMILES string of the molecule is CC(NS(=O)(=O)c1ccc2c(c1)OCCCO2)C(=O)OCc1ccc(C(F)(F)F)cc1. The molecule has 0 saturated carbocycles. The van der Waals surface area contributed by atoms with Crippen molar-refractivity contribution in [1.82, 2.24) is 4.72 Å². The van der Waals surface area contributed by atoms with Gasteiger partial charge >= 0.3 is 12.1 Å². The second-order valence-electron chi connectivity index (χ2n) is 6.80. The molecule has 1 aliphatic rings. The third-order valence-electron chi connectivity index (χ3n) is 4.38. The number of hydrogen-bond donors (Lipinski definition) is 1. The van der Waals surface area contributed by atoms with E-state index in [1.165, 1.54) is 37.3 Å². The van der Waals surface area contributed by atoms with Crippen LogP contribution in [-0.4, -0.2) is 33.6 Å². The van der Waals surface area contributed by atoms with Gasteiger partial charge in [-0.2, -0.15) is 17.9 Å². The average molecular weight is 459 g/mol. The fourth-order valence-corrected chi connectivity index (χ4v) is 3.94. The normalized spacial score (nSPS) is 15.1. The van der Waals surface area contributed by atoms with Crippen molar-refractivity contribution in [3.63, 3.8) is 0 Å². The van der Waals surface area contributed by atoms with Gasteiger partial charge in [0.2, 0.25) is 10.0 Å². The van der Waals surface area contributed by atoms with Crippen LogP contribution in [0.2, 0.25) is 0 Å². The van der Waals surface area contributed by atoms with Crippen LogP contribution in [0.4, 0.5) is 13.2 Å². The molecule has 1 N–H and O–H groups in total. The second kappa shape index (κ2) is 9.15. The van der Waals surface area contributed by atoms with Crippen LogP contribution in [0.1, 0.15) is 24.5 Å². The van der Waals surface area contributed by atoms with Crippen molar-refractivity contribution in [2.75, 3.05) is 13.2 Å². The smallest absolute Gasteiger partial charge is 0.416 e. The van der Waals surface area contributed by atoms with Crippen molar-refractivity contribution in [3.8, 4) is 11.5 Å². The van der Waals surface area contributed by atoms with Crippen molar-refractivity contribution in [2.45, 2.75) is 37.1 Å². The monoisotopic (exact) mass is 459 g/mol. The van der Waals surface area contributed by atoms with E-state index in [0.29, 0.717) is 30.9 Å². The number of ether oxygens (including phenoxy) is 3. The molecule has 0 aliphatic carbocycles. The fourth-order valence-electron chi connectivity index (χ4n) is 2.73. The van der Waals surface area contributed by atoms with E-state index in [1.807, 2.05) is 0 Å². The summed E-state index contributed by atoms with van der Waals surface area (Å²) in [6.07, 6.45) is -3.80. The van der Waals surface area contributed by atoms with E-state index >= 15 is 0 Å². The maximum absolute atomic E-state index is 12.6. The Balaban J connectivity index is 1.60. The number of hydrogen-bond acceptors (Lipinski definition) is 6. The van der Waals surface area contributed by atoms with E-state index in [-0.39, 0.29) is 17.3 Å². The molecule has 168 valence electrons. The molecule has 2 aromatic carbocycles. The van der Waals surface area contributed by atoms with E-state index < -0.39 is 33.8 Å². The fraction of sp³-hybridized carbons (Fsp3) is 0.350. The molecule has 0 bridgehead atoms. The van der Waals surface area contributed by atoms with E-state index in [1.54, 1.807) is 0 Å². The third-order valence-corrected chi connectivity index (χ3v) is 5.92. The van der Waals surface area contributed by atoms with Crippen molar-refractivity contribution in [3.05, 3.63) is 53.6 Å². The van der Waals surface area contributed by atoms with Gasteiger partial charge in [0, 0.05) is 12.5 Å². The summed E-state index contributed by atoms with van der Waals surface area (Å²) in [6.45, 7) is 1.85. The van der Waals surface area contributed by atoms with Crippen molar-refractivity contribution >= 4 is 16.0 Å². The van der Waals surface area contributed by atoms with Gasteiger partial charge in [0.05, 0.1) is 23.7 Å². The Kier molecular flexibility index (Phi) is 6.75. The first-order valence-corrected chi connectivity index (χ1v) is 10.8. The first-order chi connectivity index (χ1) is 14.6. The van der Waals surface area contributed by atoms with E-state index in [2.05, 4.69) is 4.72 Å². The summed E-state index contributed by atoms with van der Waals surface area (Å²) in [5.41, 5.74) is -0.488. The summed E-state index contributed by atoms with van der Waals surface area (Å²) in [5, 5.41) is 0. The minimum absolute atomic E-state index is 0.112. The number of sulfonamides is 1. The van der Waals surface area contributed by atoms with Gasteiger partial charge in [0.25, 0.3) is 0 Å². The van der Waals surface area contributed by atoms with Gasteiger partial charge in [-0.15, -0.1) is 0 Å². The number of alkyl halides is 3. The Morgan fingerprint density at radius 2 is 1.74 bits per heavy atom. The van der Waals surface area contributed by atoms with Crippen LogP contribution in [0, 0.1) is 0 Å². The van der Waals surface area contributed by atoms with Crippen molar-refractivity contribution < 1.29 is 40.6 Å². The first-order valence-electron chi connectivity index (χ1n) is 9.31. The summed E-state index contributed by atoms with van der Waals surface area (Å²) < 4.78 is 81.1. The number of esters is 1. The number of nitrogens with one attached hydrogen (secondary N) is 1. The van der Waals surface area contributed by atoms with Gasteiger partial charge < -0.3 is 14.2 Å². The van der Waals surface area contributed by atoms with Gasteiger partial charge in [-0.05, 0) is 36.8 Å². The Morgan fingerprint density at radius 1 is 1.10 bits per heavy atom. The predicted octanol–water partition coefficient (Wildman–Crippen LogP) is 3.28. The molecule has 1 heterocycles. The summed E-state index contributed by atoms with van der Waals surface area (Å²) in [7, 11) is -4.07. The molecule has 2 aromatic rings. The third kappa shape index (κ3) is 5.88. The van der Waals surface area contributed by atoms with E-state index in [9.17, 15) is 26.4 Å². The topological polar surface area (TPSA) is 90.9 Å². The molecule has 7 nitrogen and oxygen atoms in total. The zero-order valence-electron chi connectivity index (χ0n) is 16.4. The average Bonchev–Trinajstić information content (AvgIpc) is 2.96. The minimum Gasteiger partial charge on any atom is -0.490 e. The molecular weight excluding hydrogens is 439 g/mol. The van der Waals surface area contributed by atoms with Crippen LogP contribution in [0.5, 0.6) is 11.5 Å². The Morgan fingerprint density at radius 3 is 2.39 bits per heavy atom. The van der Waals surface area contributed by atoms with Crippen molar-refractivity contribution in [1.29, 1.82) is 0 Å². The maximum Gasteiger partial charge on any atom is 0.416 e. The van der Waals surface area contributed by atoms with Crippen LogP contribution in [0.15, 0.2) is 47.4 Å². The maximum atomic E-state index is 12.6. The summed E-state index contributed by atoms with van der Waals surface area (Å²) in [5.74, 6) is -0.156. The molecular formula is C20H20F3NO6S. The number of benzene rings is 2. The number of halogens is 3. The van der Waals surface area contributed by atoms with Crippen LogP contribution in [-0.2, 0) is 32.3 Å². The molecule has 11 heteroatoms.